The highest BCUT2D eigenvalue weighted by atomic mass is 14.5. The molecule has 0 nitrogen and oxygen atoms in total. The lowest BCUT2D eigenvalue weighted by Crippen LogP contribution is -1.98. The lowest BCUT2D eigenvalue weighted by Gasteiger charge is -2.10. The normalized spacial score (nSPS) is 50.9. The third kappa shape index (κ3) is 0.460. The quantitative estimate of drug-likeness (QED) is 0.418. The lowest BCUT2D eigenvalue weighted by atomic mass is 9.95. The zero-order chi connectivity index (χ0) is 5.61. The van der Waals surface area contributed by atoms with Crippen LogP contribution in [0.2, 0.25) is 0 Å². The average Bonchev–Trinajstić information content (AvgIpc) is 2.39. The van der Waals surface area contributed by atoms with Crippen molar-refractivity contribution in [2.24, 2.45) is 11.3 Å². The van der Waals surface area contributed by atoms with Gasteiger partial charge in [0.25, 0.3) is 0 Å². The van der Waals surface area contributed by atoms with Gasteiger partial charge in [-0.05, 0) is 30.6 Å². The van der Waals surface area contributed by atoms with Gasteiger partial charge in [0.15, 0.2) is 0 Å². The van der Waals surface area contributed by atoms with Crippen molar-refractivity contribution >= 4 is 0 Å². The molecule has 0 aromatic carbocycles. The largest absolute Gasteiger partial charge is 0.0882 e. The van der Waals surface area contributed by atoms with Crippen LogP contribution in [0, 0.1) is 11.3 Å². The van der Waals surface area contributed by atoms with Gasteiger partial charge >= 0.3 is 0 Å². The lowest BCUT2D eigenvalue weighted by molar-refractivity contribution is 0.481. The van der Waals surface area contributed by atoms with Crippen molar-refractivity contribution in [3.05, 3.63) is 12.2 Å². The molecule has 0 spiro atoms. The van der Waals surface area contributed by atoms with Crippen LogP contribution in [0.4, 0.5) is 0 Å². The molecular formula is C8H12. The molecule has 0 bridgehead atoms. The SMILES string of the molecule is C[C@]12CCC=CC1C2. The molecule has 0 amide bonds. The van der Waals surface area contributed by atoms with E-state index >= 15 is 0 Å². The first-order valence-corrected chi connectivity index (χ1v) is 3.48. The maximum atomic E-state index is 2.40. The summed E-state index contributed by atoms with van der Waals surface area (Å²) >= 11 is 0. The van der Waals surface area contributed by atoms with Gasteiger partial charge in [-0.25, -0.2) is 0 Å². The summed E-state index contributed by atoms with van der Waals surface area (Å²) in [5.74, 6) is 0.969. The molecule has 2 atom stereocenters. The van der Waals surface area contributed by atoms with Gasteiger partial charge in [-0.1, -0.05) is 19.1 Å². The Hall–Kier alpha value is -0.260. The van der Waals surface area contributed by atoms with Crippen molar-refractivity contribution in [2.75, 3.05) is 0 Å². The van der Waals surface area contributed by atoms with Gasteiger partial charge in [0.2, 0.25) is 0 Å². The Bertz CT molecular complexity index is 135. The predicted molar refractivity (Wildman–Crippen MR) is 34.6 cm³/mol. The Kier molecular flexibility index (Phi) is 0.677. The maximum absolute atomic E-state index is 2.40. The third-order valence-electron chi connectivity index (χ3n) is 2.67. The van der Waals surface area contributed by atoms with Gasteiger partial charge in [-0.15, -0.1) is 0 Å². The molecule has 1 saturated carbocycles. The molecule has 0 aromatic rings. The average molecular weight is 108 g/mol. The van der Waals surface area contributed by atoms with Crippen LogP contribution in [-0.4, -0.2) is 0 Å². The molecular weight excluding hydrogens is 96.1 g/mol. The fourth-order valence-electron chi connectivity index (χ4n) is 1.70. The zero-order valence-electron chi connectivity index (χ0n) is 5.35. The number of hydrogen-bond acceptors (Lipinski definition) is 0. The standard InChI is InChI=1S/C8H12/c1-8-5-3-2-4-7(8)6-8/h2,4,7H,3,5-6H2,1H3/t7?,8-/m1/s1. The Labute approximate surface area is 50.6 Å². The third-order valence-corrected chi connectivity index (χ3v) is 2.67. The summed E-state index contributed by atoms with van der Waals surface area (Å²) in [6.45, 7) is 2.40. The first-order chi connectivity index (χ1) is 3.81. The summed E-state index contributed by atoms with van der Waals surface area (Å²) in [7, 11) is 0. The van der Waals surface area contributed by atoms with E-state index in [4.69, 9.17) is 0 Å². The molecule has 44 valence electrons. The van der Waals surface area contributed by atoms with Crippen LogP contribution in [0.1, 0.15) is 26.2 Å². The van der Waals surface area contributed by atoms with Crippen molar-refractivity contribution in [1.29, 1.82) is 0 Å². The van der Waals surface area contributed by atoms with Gasteiger partial charge in [-0.2, -0.15) is 0 Å². The second kappa shape index (κ2) is 1.18. The molecule has 0 saturated heterocycles. The minimum absolute atomic E-state index is 0.759. The first kappa shape index (κ1) is 4.60. The van der Waals surface area contributed by atoms with Gasteiger partial charge in [0.1, 0.15) is 0 Å². The van der Waals surface area contributed by atoms with E-state index in [1.54, 1.807) is 0 Å². The van der Waals surface area contributed by atoms with E-state index in [1.165, 1.54) is 19.3 Å². The molecule has 0 aliphatic heterocycles. The molecule has 0 radical (unpaired) electrons. The van der Waals surface area contributed by atoms with Gasteiger partial charge in [0.05, 0.1) is 0 Å². The van der Waals surface area contributed by atoms with Crippen LogP contribution in [0.3, 0.4) is 0 Å². The van der Waals surface area contributed by atoms with Crippen molar-refractivity contribution in [3.8, 4) is 0 Å². The van der Waals surface area contributed by atoms with Gasteiger partial charge < -0.3 is 0 Å². The van der Waals surface area contributed by atoms with E-state index in [1.807, 2.05) is 0 Å². The summed E-state index contributed by atoms with van der Waals surface area (Å²) in [6.07, 6.45) is 8.95. The number of rotatable bonds is 0. The first-order valence-electron chi connectivity index (χ1n) is 3.48. The molecule has 8 heavy (non-hydrogen) atoms. The van der Waals surface area contributed by atoms with Crippen molar-refractivity contribution < 1.29 is 0 Å². The van der Waals surface area contributed by atoms with Gasteiger partial charge in [0, 0.05) is 0 Å². The minimum Gasteiger partial charge on any atom is -0.0882 e. The summed E-state index contributed by atoms with van der Waals surface area (Å²) in [5, 5.41) is 0. The second-order valence-electron chi connectivity index (χ2n) is 3.43. The minimum atomic E-state index is 0.759. The van der Waals surface area contributed by atoms with Crippen LogP contribution in [-0.2, 0) is 0 Å². The Morgan fingerprint density at radius 1 is 1.62 bits per heavy atom. The number of allylic oxidation sites excluding steroid dienone is 2. The van der Waals surface area contributed by atoms with Crippen LogP contribution in [0.15, 0.2) is 12.2 Å². The molecule has 0 heteroatoms. The van der Waals surface area contributed by atoms with Crippen molar-refractivity contribution in [1.82, 2.24) is 0 Å². The van der Waals surface area contributed by atoms with Crippen molar-refractivity contribution in [3.63, 3.8) is 0 Å². The molecule has 1 fully saturated rings. The van der Waals surface area contributed by atoms with E-state index in [0.29, 0.717) is 0 Å². The fraction of sp³-hybridized carbons (Fsp3) is 0.750. The molecule has 2 rings (SSSR count). The van der Waals surface area contributed by atoms with E-state index < -0.39 is 0 Å². The highest BCUT2D eigenvalue weighted by molar-refractivity contribution is 5.13. The zero-order valence-corrected chi connectivity index (χ0v) is 5.35. The molecule has 2 aliphatic carbocycles. The highest BCUT2D eigenvalue weighted by Crippen LogP contribution is 2.58. The molecule has 0 N–H and O–H groups in total. The van der Waals surface area contributed by atoms with Crippen LogP contribution < -0.4 is 0 Å². The number of hydrogen-bond donors (Lipinski definition) is 0. The van der Waals surface area contributed by atoms with E-state index in [2.05, 4.69) is 19.1 Å². The van der Waals surface area contributed by atoms with Crippen LogP contribution in [0.5, 0.6) is 0 Å². The Morgan fingerprint density at radius 3 is 3.00 bits per heavy atom. The maximum Gasteiger partial charge on any atom is -0.0174 e. The summed E-state index contributed by atoms with van der Waals surface area (Å²) in [6, 6.07) is 0. The van der Waals surface area contributed by atoms with E-state index in [-0.39, 0.29) is 0 Å². The monoisotopic (exact) mass is 108 g/mol. The van der Waals surface area contributed by atoms with Gasteiger partial charge in [-0.3, -0.25) is 0 Å². The highest BCUT2D eigenvalue weighted by Gasteiger charge is 2.48. The number of fused-ring (bicyclic) bond motifs is 1. The molecule has 2 aliphatic rings. The predicted octanol–water partition coefficient (Wildman–Crippen LogP) is 2.36. The van der Waals surface area contributed by atoms with Crippen LogP contribution in [0.25, 0.3) is 0 Å². The smallest absolute Gasteiger partial charge is 0.0174 e. The topological polar surface area (TPSA) is 0 Å². The molecule has 0 heterocycles. The summed E-state index contributed by atoms with van der Waals surface area (Å²) < 4.78 is 0. The van der Waals surface area contributed by atoms with Crippen molar-refractivity contribution in [2.45, 2.75) is 26.2 Å². The summed E-state index contributed by atoms with van der Waals surface area (Å²) in [4.78, 5) is 0. The Morgan fingerprint density at radius 2 is 2.50 bits per heavy atom. The van der Waals surface area contributed by atoms with E-state index in [9.17, 15) is 0 Å². The molecule has 1 unspecified atom stereocenters. The van der Waals surface area contributed by atoms with Crippen LogP contribution >= 0.6 is 0 Å². The van der Waals surface area contributed by atoms with E-state index in [0.717, 1.165) is 11.3 Å². The Balaban J connectivity index is 2.20. The second-order valence-corrected chi connectivity index (χ2v) is 3.43. The molecule has 0 aromatic heterocycles. The fourth-order valence-corrected chi connectivity index (χ4v) is 1.70. The summed E-state index contributed by atoms with van der Waals surface area (Å²) in [5.41, 5.74) is 0.759.